The first-order valence-electron chi connectivity index (χ1n) is 20.7. The summed E-state index contributed by atoms with van der Waals surface area (Å²) in [5, 5.41) is 6.82. The Labute approximate surface area is 329 Å². The zero-order valence-electron chi connectivity index (χ0n) is 33.3. The smallest absolute Gasteiger partial charge is 0.378 e. The van der Waals surface area contributed by atoms with Crippen molar-refractivity contribution in [2.75, 3.05) is 84.6 Å². The number of hydrogen-bond acceptors (Lipinski definition) is 11. The summed E-state index contributed by atoms with van der Waals surface area (Å²) in [4.78, 5) is 45.7. The van der Waals surface area contributed by atoms with Crippen LogP contribution in [-0.4, -0.2) is 157 Å². The molecule has 0 unspecified atom stereocenters. The lowest BCUT2D eigenvalue weighted by atomic mass is 9.83. The van der Waals surface area contributed by atoms with Gasteiger partial charge in [-0.1, -0.05) is 0 Å². The van der Waals surface area contributed by atoms with E-state index in [2.05, 4.69) is 56.2 Å². The molecule has 3 saturated heterocycles. The third kappa shape index (κ3) is 10.7. The van der Waals surface area contributed by atoms with Gasteiger partial charge in [-0.2, -0.15) is 13.2 Å². The van der Waals surface area contributed by atoms with Gasteiger partial charge in [0.25, 0.3) is 0 Å². The number of aromatic nitrogens is 2. The molecular weight excluding hydrogens is 727 g/mol. The van der Waals surface area contributed by atoms with Crippen LogP contribution in [0.1, 0.15) is 70.8 Å². The molecule has 13 nitrogen and oxygen atoms in total. The maximum atomic E-state index is 14.0. The Morgan fingerprint density at radius 3 is 2.39 bits per heavy atom. The molecule has 4 N–H and O–H groups in total. The second-order valence-corrected chi connectivity index (χ2v) is 16.3. The van der Waals surface area contributed by atoms with Crippen molar-refractivity contribution >= 4 is 28.5 Å². The number of hydrogen-bond donors (Lipinski definition) is 3. The molecule has 3 aliphatic heterocycles. The molecule has 1 aromatic heterocycles. The number of alkyl halides is 3. The Morgan fingerprint density at radius 1 is 0.964 bits per heavy atom. The summed E-state index contributed by atoms with van der Waals surface area (Å²) in [6, 6.07) is 3.47. The minimum atomic E-state index is -4.52. The fraction of sp³-hybridized carbons (Fsp3) is 0.750. The van der Waals surface area contributed by atoms with Crippen LogP contribution in [0.4, 0.5) is 19.0 Å². The van der Waals surface area contributed by atoms with Gasteiger partial charge in [0.1, 0.15) is 18.2 Å². The molecule has 2 aromatic rings. The van der Waals surface area contributed by atoms with E-state index in [1.165, 1.54) is 12.4 Å². The minimum absolute atomic E-state index is 0.0718. The molecule has 4 aliphatic rings. The fourth-order valence-corrected chi connectivity index (χ4v) is 9.06. The van der Waals surface area contributed by atoms with Gasteiger partial charge in [0.15, 0.2) is 0 Å². The molecule has 312 valence electrons. The van der Waals surface area contributed by atoms with Crippen LogP contribution in [0.5, 0.6) is 0 Å². The molecule has 56 heavy (non-hydrogen) atoms. The normalized spacial score (nSPS) is 25.2. The number of anilines is 1. The number of carbonyl (C=O) groups excluding carboxylic acids is 2. The average Bonchev–Trinajstić information content (AvgIpc) is 3.55. The van der Waals surface area contributed by atoms with Gasteiger partial charge >= 0.3 is 6.18 Å². The van der Waals surface area contributed by atoms with E-state index in [1.54, 1.807) is 0 Å². The fourth-order valence-electron chi connectivity index (χ4n) is 9.06. The second kappa shape index (κ2) is 19.5. The van der Waals surface area contributed by atoms with E-state index in [0.717, 1.165) is 89.8 Å². The van der Waals surface area contributed by atoms with Crippen molar-refractivity contribution in [2.45, 2.75) is 108 Å². The number of nitrogens with zero attached hydrogens (tertiary/aromatic N) is 6. The van der Waals surface area contributed by atoms with Gasteiger partial charge in [-0.05, 0) is 117 Å². The minimum Gasteiger partial charge on any atom is -0.378 e. The van der Waals surface area contributed by atoms with E-state index >= 15 is 0 Å². The summed E-state index contributed by atoms with van der Waals surface area (Å²) in [6.07, 6.45) is 3.52. The second-order valence-electron chi connectivity index (χ2n) is 16.3. The van der Waals surface area contributed by atoms with Gasteiger partial charge in [-0.15, -0.1) is 0 Å². The molecular formula is C40H62F3N9O4. The average molecular weight is 790 g/mol. The summed E-state index contributed by atoms with van der Waals surface area (Å²) in [6.45, 7) is 12.6. The number of ether oxygens (including phenoxy) is 2. The molecule has 2 amide bonds. The Morgan fingerprint density at radius 2 is 1.70 bits per heavy atom. The number of nitrogens with one attached hydrogen (secondary N) is 2. The van der Waals surface area contributed by atoms with E-state index in [0.29, 0.717) is 63.5 Å². The first kappa shape index (κ1) is 42.5. The van der Waals surface area contributed by atoms with Crippen LogP contribution in [0, 0.1) is 5.92 Å². The molecule has 0 spiro atoms. The van der Waals surface area contributed by atoms with Gasteiger partial charge < -0.3 is 45.4 Å². The van der Waals surface area contributed by atoms with Crippen molar-refractivity contribution in [2.24, 2.45) is 11.7 Å². The lowest BCUT2D eigenvalue weighted by Gasteiger charge is -2.45. The highest BCUT2D eigenvalue weighted by Crippen LogP contribution is 2.35. The molecule has 6 rings (SSSR count). The van der Waals surface area contributed by atoms with Crippen LogP contribution in [-0.2, 0) is 25.2 Å². The van der Waals surface area contributed by atoms with E-state index in [1.807, 2.05) is 4.90 Å². The van der Waals surface area contributed by atoms with Crippen molar-refractivity contribution in [3.05, 3.63) is 30.1 Å². The molecule has 0 radical (unpaired) electrons. The molecule has 4 fully saturated rings. The number of fused-ring (bicyclic) bond motifs is 1. The molecule has 1 saturated carbocycles. The van der Waals surface area contributed by atoms with Gasteiger partial charge in [0.05, 0.1) is 49.6 Å². The Balaban J connectivity index is 1.02. The van der Waals surface area contributed by atoms with Gasteiger partial charge in [-0.3, -0.25) is 9.59 Å². The van der Waals surface area contributed by atoms with Crippen molar-refractivity contribution in [1.29, 1.82) is 0 Å². The van der Waals surface area contributed by atoms with Crippen LogP contribution >= 0.6 is 0 Å². The molecule has 1 aliphatic carbocycles. The highest BCUT2D eigenvalue weighted by molar-refractivity contribution is 5.93. The quantitative estimate of drug-likeness (QED) is 0.215. The topological polar surface area (TPSA) is 141 Å². The third-order valence-corrected chi connectivity index (χ3v) is 12.6. The maximum absolute atomic E-state index is 14.0. The highest BCUT2D eigenvalue weighted by atomic mass is 19.4. The molecule has 4 heterocycles. The zero-order chi connectivity index (χ0) is 39.8. The number of rotatable bonds is 16. The lowest BCUT2D eigenvalue weighted by molar-refractivity contribution is -0.137. The first-order valence-corrected chi connectivity index (χ1v) is 20.7. The summed E-state index contributed by atoms with van der Waals surface area (Å²) in [5.74, 6) is 0.0853. The van der Waals surface area contributed by atoms with Gasteiger partial charge in [0.2, 0.25) is 11.8 Å². The predicted octanol–water partition coefficient (Wildman–Crippen LogP) is 3.58. The van der Waals surface area contributed by atoms with E-state index in [-0.39, 0.29) is 47.1 Å². The zero-order valence-corrected chi connectivity index (χ0v) is 33.3. The lowest BCUT2D eigenvalue weighted by Crippen LogP contribution is -2.59. The number of likely N-dealkylation sites (tertiary alicyclic amines) is 3. The SMILES string of the molecule is CC(C)N(C)[C@@H]1CC[C@H](N2CC[C@H](Nc3ncnc4ccc(C(F)(F)F)cc34)C2=O)[C@H](NC(=O)C2CCN(C3CCN(CCOCCOCCN)CC3)CC2)C1. The summed E-state index contributed by atoms with van der Waals surface area (Å²) in [7, 11) is 2.13. The highest BCUT2D eigenvalue weighted by Gasteiger charge is 2.44. The van der Waals surface area contributed by atoms with Gasteiger partial charge in [0, 0.05) is 49.1 Å². The summed E-state index contributed by atoms with van der Waals surface area (Å²) < 4.78 is 51.7. The Kier molecular flexibility index (Phi) is 14.8. The van der Waals surface area contributed by atoms with Crippen molar-refractivity contribution < 1.29 is 32.2 Å². The number of halogens is 3. The predicted molar refractivity (Wildman–Crippen MR) is 209 cm³/mol. The van der Waals surface area contributed by atoms with Gasteiger partial charge in [-0.25, -0.2) is 9.97 Å². The van der Waals surface area contributed by atoms with Crippen molar-refractivity contribution in [3.63, 3.8) is 0 Å². The van der Waals surface area contributed by atoms with Crippen LogP contribution in [0.15, 0.2) is 24.5 Å². The number of nitrogens with two attached hydrogens (primary N) is 1. The third-order valence-electron chi connectivity index (χ3n) is 12.6. The van der Waals surface area contributed by atoms with E-state index in [9.17, 15) is 22.8 Å². The van der Waals surface area contributed by atoms with Crippen molar-refractivity contribution in [3.8, 4) is 0 Å². The standard InChI is InChI=1S/C40H62F3N9O4/c1-27(2)49(3)31-5-7-36(52-18-12-34(39(52)54)47-37-32-24-29(40(41,42)43)4-6-33(32)45-26-46-37)35(25-31)48-38(53)28-8-16-51(17-9-28)30-10-14-50(15-11-30)19-21-56-23-22-55-20-13-44/h4,6,24,26-28,30-31,34-36H,5,7-23,25,44H2,1-3H3,(H,48,53)(H,45,46,47)/t31-,34+,35-,36+/m1/s1. The largest absolute Gasteiger partial charge is 0.416 e. The monoisotopic (exact) mass is 789 g/mol. The maximum Gasteiger partial charge on any atom is 0.416 e. The molecule has 1 aromatic carbocycles. The van der Waals surface area contributed by atoms with Crippen LogP contribution in [0.2, 0.25) is 0 Å². The van der Waals surface area contributed by atoms with E-state index in [4.69, 9.17) is 15.2 Å². The van der Waals surface area contributed by atoms with Crippen LogP contribution in [0.3, 0.4) is 0 Å². The number of carbonyl (C=O) groups is 2. The number of benzene rings is 1. The molecule has 4 atom stereocenters. The first-order chi connectivity index (χ1) is 26.9. The molecule has 0 bridgehead atoms. The van der Waals surface area contributed by atoms with E-state index < -0.39 is 17.8 Å². The molecule has 16 heteroatoms. The Bertz CT molecular complexity index is 1590. The Hall–Kier alpha value is -3.15. The number of piperidine rings is 2. The number of amides is 2. The van der Waals surface area contributed by atoms with Crippen LogP contribution in [0.25, 0.3) is 10.9 Å². The van der Waals surface area contributed by atoms with Crippen molar-refractivity contribution in [1.82, 2.24) is 34.9 Å². The summed E-state index contributed by atoms with van der Waals surface area (Å²) >= 11 is 0. The van der Waals surface area contributed by atoms with Crippen LogP contribution < -0.4 is 16.4 Å². The summed E-state index contributed by atoms with van der Waals surface area (Å²) in [5.41, 5.74) is 5.01.